The molecule has 0 bridgehead atoms. The fourth-order valence-electron chi connectivity index (χ4n) is 3.84. The van der Waals surface area contributed by atoms with E-state index >= 15 is 0 Å². The van der Waals surface area contributed by atoms with Gasteiger partial charge in [-0.15, -0.1) is 0 Å². The van der Waals surface area contributed by atoms with E-state index in [2.05, 4.69) is 31.2 Å². The average molecular weight is 386 g/mol. The number of aryl methyl sites for hydroxylation is 1. The predicted octanol–water partition coefficient (Wildman–Crippen LogP) is 2.77. The molecule has 2 aliphatic rings. The van der Waals surface area contributed by atoms with Crippen LogP contribution in [0.5, 0.6) is 0 Å². The molecule has 27 heavy (non-hydrogen) atoms. The first-order chi connectivity index (χ1) is 13.2. The fourth-order valence-corrected chi connectivity index (χ4v) is 4.03. The van der Waals surface area contributed by atoms with Gasteiger partial charge in [0.15, 0.2) is 0 Å². The maximum absolute atomic E-state index is 12.5. The van der Waals surface area contributed by atoms with Gasteiger partial charge in [-0.1, -0.05) is 17.7 Å². The summed E-state index contributed by atoms with van der Waals surface area (Å²) >= 11 is 6.09. The summed E-state index contributed by atoms with van der Waals surface area (Å²) in [5, 5.41) is 3.76. The molecule has 0 radical (unpaired) electrons. The summed E-state index contributed by atoms with van der Waals surface area (Å²) in [6.07, 6.45) is 5.78. The van der Waals surface area contributed by atoms with E-state index in [0.717, 1.165) is 73.8 Å². The number of nitrogens with one attached hydrogen (secondary N) is 1. The molecule has 1 amide bonds. The van der Waals surface area contributed by atoms with Crippen molar-refractivity contribution < 1.29 is 4.79 Å². The highest BCUT2D eigenvalue weighted by molar-refractivity contribution is 6.30. The number of carbonyl (C=O) groups is 1. The molecule has 6 nitrogen and oxygen atoms in total. The third-order valence-electron chi connectivity index (χ3n) is 5.30. The third-order valence-corrected chi connectivity index (χ3v) is 5.53. The van der Waals surface area contributed by atoms with Crippen molar-refractivity contribution >= 4 is 29.0 Å². The number of carbonyl (C=O) groups excluding carboxylic acids is 1. The lowest BCUT2D eigenvalue weighted by atomic mass is 9.96. The van der Waals surface area contributed by atoms with Crippen LogP contribution in [-0.2, 0) is 17.6 Å². The Morgan fingerprint density at radius 1 is 1.11 bits per heavy atom. The van der Waals surface area contributed by atoms with Crippen LogP contribution in [-0.4, -0.2) is 53.5 Å². The van der Waals surface area contributed by atoms with Crippen LogP contribution in [0.25, 0.3) is 0 Å². The molecule has 4 rings (SSSR count). The second-order valence-corrected chi connectivity index (χ2v) is 7.58. The number of amides is 1. The second-order valence-electron chi connectivity index (χ2n) is 7.15. The lowest BCUT2D eigenvalue weighted by Crippen LogP contribution is -2.48. The van der Waals surface area contributed by atoms with Crippen LogP contribution in [0.15, 0.2) is 30.6 Å². The number of halogens is 1. The standard InChI is InChI=1S/C20H24ClN5O/c21-15-4-3-5-16(12-15)26-10-8-25(9-11-26)13-19(27)24-20-17-6-1-2-7-18(17)22-14-23-20/h3-5,12,14H,1-2,6-11,13H2,(H,22,23,24,27). The van der Waals surface area contributed by atoms with Gasteiger partial charge in [0.1, 0.15) is 12.1 Å². The first kappa shape index (κ1) is 18.2. The Labute approximate surface area is 164 Å². The maximum atomic E-state index is 12.5. The first-order valence-corrected chi connectivity index (χ1v) is 9.92. The van der Waals surface area contributed by atoms with E-state index in [9.17, 15) is 4.79 Å². The number of benzene rings is 1. The second kappa shape index (κ2) is 8.23. The van der Waals surface area contributed by atoms with Gasteiger partial charge in [0, 0.05) is 48.1 Å². The van der Waals surface area contributed by atoms with E-state index in [4.69, 9.17) is 11.6 Å². The summed E-state index contributed by atoms with van der Waals surface area (Å²) in [6.45, 7) is 3.86. The molecule has 2 heterocycles. The minimum absolute atomic E-state index is 0.00215. The molecule has 142 valence electrons. The van der Waals surface area contributed by atoms with E-state index in [1.165, 1.54) is 0 Å². The van der Waals surface area contributed by atoms with E-state index in [1.54, 1.807) is 6.33 Å². The van der Waals surface area contributed by atoms with Crippen molar-refractivity contribution in [1.29, 1.82) is 0 Å². The van der Waals surface area contributed by atoms with Crippen molar-refractivity contribution in [3.8, 4) is 0 Å². The summed E-state index contributed by atoms with van der Waals surface area (Å²) in [6, 6.07) is 7.92. The number of fused-ring (bicyclic) bond motifs is 1. The Morgan fingerprint density at radius 3 is 2.74 bits per heavy atom. The van der Waals surface area contributed by atoms with Crippen molar-refractivity contribution in [2.24, 2.45) is 0 Å². The molecule has 1 saturated heterocycles. The molecule has 1 fully saturated rings. The Bertz CT molecular complexity index is 820. The zero-order valence-electron chi connectivity index (χ0n) is 15.3. The number of piperazine rings is 1. The molecule has 0 saturated carbocycles. The fraction of sp³-hybridized carbons (Fsp3) is 0.450. The highest BCUT2D eigenvalue weighted by atomic mass is 35.5. The minimum Gasteiger partial charge on any atom is -0.369 e. The number of aromatic nitrogens is 2. The molecule has 7 heteroatoms. The molecule has 1 aromatic heterocycles. The van der Waals surface area contributed by atoms with Crippen molar-refractivity contribution in [3.05, 3.63) is 46.9 Å². The van der Waals surface area contributed by atoms with Gasteiger partial charge in [0.2, 0.25) is 5.91 Å². The van der Waals surface area contributed by atoms with Crippen LogP contribution in [0.3, 0.4) is 0 Å². The number of nitrogens with zero attached hydrogens (tertiary/aromatic N) is 4. The lowest BCUT2D eigenvalue weighted by Gasteiger charge is -2.35. The van der Waals surface area contributed by atoms with Crippen LogP contribution in [0, 0.1) is 0 Å². The molecule has 0 atom stereocenters. The van der Waals surface area contributed by atoms with Gasteiger partial charge in [-0.05, 0) is 43.9 Å². The number of hydrogen-bond donors (Lipinski definition) is 1. The van der Waals surface area contributed by atoms with E-state index in [-0.39, 0.29) is 5.91 Å². The van der Waals surface area contributed by atoms with Gasteiger partial charge in [0.25, 0.3) is 0 Å². The quantitative estimate of drug-likeness (QED) is 0.876. The molecule has 2 aromatic rings. The normalized spacial score (nSPS) is 17.4. The molecule has 0 spiro atoms. The smallest absolute Gasteiger partial charge is 0.239 e. The van der Waals surface area contributed by atoms with Crippen LogP contribution in [0.2, 0.25) is 5.02 Å². The van der Waals surface area contributed by atoms with Gasteiger partial charge >= 0.3 is 0 Å². The Morgan fingerprint density at radius 2 is 1.93 bits per heavy atom. The Balaban J connectivity index is 1.31. The SMILES string of the molecule is O=C(CN1CCN(c2cccc(Cl)c2)CC1)Nc1ncnc2c1CCCC2. The Kier molecular flexibility index (Phi) is 5.55. The van der Waals surface area contributed by atoms with Crippen LogP contribution in [0.1, 0.15) is 24.1 Å². The molecule has 1 aromatic carbocycles. The Hall–Kier alpha value is -2.18. The summed E-state index contributed by atoms with van der Waals surface area (Å²) in [7, 11) is 0. The van der Waals surface area contributed by atoms with E-state index in [0.29, 0.717) is 12.4 Å². The zero-order valence-corrected chi connectivity index (χ0v) is 16.1. The molecule has 1 aliphatic heterocycles. The van der Waals surface area contributed by atoms with Crippen LogP contribution in [0.4, 0.5) is 11.5 Å². The monoisotopic (exact) mass is 385 g/mol. The van der Waals surface area contributed by atoms with Gasteiger partial charge < -0.3 is 10.2 Å². The average Bonchev–Trinajstić information content (AvgIpc) is 2.69. The summed E-state index contributed by atoms with van der Waals surface area (Å²) < 4.78 is 0. The molecule has 1 N–H and O–H groups in total. The lowest BCUT2D eigenvalue weighted by molar-refractivity contribution is -0.117. The van der Waals surface area contributed by atoms with Crippen molar-refractivity contribution in [1.82, 2.24) is 14.9 Å². The topological polar surface area (TPSA) is 61.4 Å². The predicted molar refractivity (Wildman–Crippen MR) is 107 cm³/mol. The molecular weight excluding hydrogens is 362 g/mol. The third kappa shape index (κ3) is 4.39. The minimum atomic E-state index is -0.00215. The van der Waals surface area contributed by atoms with Crippen LogP contribution >= 0.6 is 11.6 Å². The van der Waals surface area contributed by atoms with Gasteiger partial charge in [-0.2, -0.15) is 0 Å². The van der Waals surface area contributed by atoms with Crippen molar-refractivity contribution in [3.63, 3.8) is 0 Å². The molecule has 0 unspecified atom stereocenters. The van der Waals surface area contributed by atoms with Gasteiger partial charge in [0.05, 0.1) is 6.54 Å². The number of rotatable bonds is 4. The van der Waals surface area contributed by atoms with E-state index < -0.39 is 0 Å². The molecule has 1 aliphatic carbocycles. The number of anilines is 2. The molecular formula is C20H24ClN5O. The first-order valence-electron chi connectivity index (χ1n) is 9.54. The highest BCUT2D eigenvalue weighted by Gasteiger charge is 2.21. The summed E-state index contributed by atoms with van der Waals surface area (Å²) in [5.41, 5.74) is 3.34. The van der Waals surface area contributed by atoms with Crippen LogP contribution < -0.4 is 10.2 Å². The largest absolute Gasteiger partial charge is 0.369 e. The van der Waals surface area contributed by atoms with Gasteiger partial charge in [-0.3, -0.25) is 9.69 Å². The number of hydrogen-bond acceptors (Lipinski definition) is 5. The van der Waals surface area contributed by atoms with Crippen molar-refractivity contribution in [2.75, 3.05) is 42.9 Å². The summed E-state index contributed by atoms with van der Waals surface area (Å²) in [5.74, 6) is 0.694. The summed E-state index contributed by atoms with van der Waals surface area (Å²) in [4.78, 5) is 25.7. The van der Waals surface area contributed by atoms with Crippen molar-refractivity contribution in [2.45, 2.75) is 25.7 Å². The zero-order chi connectivity index (χ0) is 18.6. The maximum Gasteiger partial charge on any atom is 0.239 e. The van der Waals surface area contributed by atoms with Gasteiger partial charge in [-0.25, -0.2) is 9.97 Å². The van der Waals surface area contributed by atoms with E-state index in [1.807, 2.05) is 18.2 Å². The highest BCUT2D eigenvalue weighted by Crippen LogP contribution is 2.24.